The molecule has 3 fully saturated rings. The number of amides is 1. The van der Waals surface area contributed by atoms with E-state index in [4.69, 9.17) is 24.7 Å². The SMILES string of the molecule is CC(C)N([C@H]1C[C@@H](NC(=O)[C@@H](O)CCN)[C@H](O[C@H]2OC[C@](C)(O)[C@H](N(C(C)(C)C)C(C)(C)C)[C@H]2O)[C@@H](O)[C@@H]1O[C@H]1OC(C(C)(C)C)CC[C@H]1N(C(C)(C)C)C(C)(C)C)C(C)(C)C. The highest BCUT2D eigenvalue weighted by molar-refractivity contribution is 5.80. The second kappa shape index (κ2) is 19.7. The zero-order valence-corrected chi connectivity index (χ0v) is 43.0. The van der Waals surface area contributed by atoms with Crippen molar-refractivity contribution in [1.82, 2.24) is 20.0 Å². The van der Waals surface area contributed by atoms with E-state index in [0.29, 0.717) is 0 Å². The Morgan fingerprint density at radius 2 is 1.26 bits per heavy atom. The Morgan fingerprint density at radius 3 is 1.69 bits per heavy atom. The van der Waals surface area contributed by atoms with Gasteiger partial charge in [0.2, 0.25) is 5.91 Å². The third kappa shape index (κ3) is 13.1. The number of hydrogen-bond acceptors (Lipinski definition) is 13. The van der Waals surface area contributed by atoms with Crippen LogP contribution in [-0.2, 0) is 23.7 Å². The molecule has 14 heteroatoms. The number of aliphatic hydroxyl groups is 4. The van der Waals surface area contributed by atoms with Gasteiger partial charge in [-0.1, -0.05) is 20.8 Å². The van der Waals surface area contributed by atoms with E-state index in [2.05, 4.69) is 117 Å². The fourth-order valence-electron chi connectivity index (χ4n) is 11.6. The Labute approximate surface area is 377 Å². The van der Waals surface area contributed by atoms with Crippen molar-refractivity contribution in [1.29, 1.82) is 0 Å². The molecule has 366 valence electrons. The third-order valence-corrected chi connectivity index (χ3v) is 12.9. The largest absolute Gasteiger partial charge is 0.388 e. The number of nitrogens with zero attached hydrogens (tertiary/aromatic N) is 3. The van der Waals surface area contributed by atoms with Gasteiger partial charge in [-0.2, -0.15) is 0 Å². The average Bonchev–Trinajstić information content (AvgIpc) is 3.04. The predicted molar refractivity (Wildman–Crippen MR) is 246 cm³/mol. The zero-order chi connectivity index (χ0) is 48.1. The zero-order valence-electron chi connectivity index (χ0n) is 43.0. The molecule has 7 N–H and O–H groups in total. The topological polar surface area (TPSA) is 183 Å². The lowest BCUT2D eigenvalue weighted by atomic mass is 9.79. The van der Waals surface area contributed by atoms with Crippen LogP contribution in [-0.4, -0.2) is 167 Å². The highest BCUT2D eigenvalue weighted by Crippen LogP contribution is 2.44. The predicted octanol–water partition coefficient (Wildman–Crippen LogP) is 5.15. The van der Waals surface area contributed by atoms with Crippen LogP contribution >= 0.6 is 0 Å². The molecule has 2 heterocycles. The number of aliphatic hydroxyl groups excluding tert-OH is 3. The Hall–Kier alpha value is -1.01. The summed E-state index contributed by atoms with van der Waals surface area (Å²) in [6.45, 7) is 44.2. The standard InChI is InChI=1S/C48H95N5O9/c1-28(2)51(43(6,7)8)31-26-29(50-39(57)32(54)24-25-49)36(61-41-35(56)38(48(21,58)27-59-41)53(46(15,16)17)47(18,19)20)34(55)37(31)62-40-30(22-23-33(60-40)42(3,4)5)52(44(9,10)11)45(12,13)14/h28-38,40-41,54-56,58H,22-27,49H2,1-21H3,(H,50,57)/t29-,30-,31+,32+,33?,34-,35-,36+,37-,38-,40-,41-,48+/m1/s1. The number of carbonyl (C=O) groups is 1. The molecule has 0 radical (unpaired) electrons. The summed E-state index contributed by atoms with van der Waals surface area (Å²) in [5, 5.41) is 51.3. The van der Waals surface area contributed by atoms with Crippen molar-refractivity contribution in [2.75, 3.05) is 13.2 Å². The van der Waals surface area contributed by atoms with Crippen LogP contribution in [0.1, 0.15) is 171 Å². The van der Waals surface area contributed by atoms with Crippen LogP contribution in [0.4, 0.5) is 0 Å². The van der Waals surface area contributed by atoms with Crippen LogP contribution < -0.4 is 11.1 Å². The van der Waals surface area contributed by atoms with Gasteiger partial charge < -0.3 is 50.4 Å². The summed E-state index contributed by atoms with van der Waals surface area (Å²) < 4.78 is 27.5. The smallest absolute Gasteiger partial charge is 0.249 e. The molecule has 3 rings (SSSR count). The van der Waals surface area contributed by atoms with E-state index in [1.54, 1.807) is 6.92 Å². The molecule has 1 aliphatic carbocycles. The van der Waals surface area contributed by atoms with Gasteiger partial charge in [-0.3, -0.25) is 19.5 Å². The molecule has 0 bridgehead atoms. The van der Waals surface area contributed by atoms with Crippen LogP contribution in [0.3, 0.4) is 0 Å². The fourth-order valence-corrected chi connectivity index (χ4v) is 11.6. The van der Waals surface area contributed by atoms with Gasteiger partial charge in [0.15, 0.2) is 12.6 Å². The maximum Gasteiger partial charge on any atom is 0.249 e. The molecule has 62 heavy (non-hydrogen) atoms. The minimum atomic E-state index is -1.48. The Morgan fingerprint density at radius 1 is 0.758 bits per heavy atom. The van der Waals surface area contributed by atoms with Crippen LogP contribution in [0, 0.1) is 5.41 Å². The summed E-state index contributed by atoms with van der Waals surface area (Å²) in [5.41, 5.74) is 2.15. The lowest BCUT2D eigenvalue weighted by Gasteiger charge is -2.59. The van der Waals surface area contributed by atoms with Crippen LogP contribution in [0.15, 0.2) is 0 Å². The molecule has 1 amide bonds. The van der Waals surface area contributed by atoms with Crippen molar-refractivity contribution in [3.05, 3.63) is 0 Å². The monoisotopic (exact) mass is 886 g/mol. The molecule has 0 aromatic heterocycles. The highest BCUT2D eigenvalue weighted by atomic mass is 16.7. The Kier molecular flexibility index (Phi) is 17.6. The van der Waals surface area contributed by atoms with Crippen LogP contribution in [0.25, 0.3) is 0 Å². The van der Waals surface area contributed by atoms with Gasteiger partial charge in [0.05, 0.1) is 30.8 Å². The average molecular weight is 886 g/mol. The lowest BCUT2D eigenvalue weighted by Crippen LogP contribution is -2.74. The fraction of sp³-hybridized carbons (Fsp3) is 0.979. The minimum Gasteiger partial charge on any atom is -0.388 e. The van der Waals surface area contributed by atoms with Gasteiger partial charge in [-0.05, 0) is 162 Å². The van der Waals surface area contributed by atoms with E-state index in [1.807, 2.05) is 41.5 Å². The maximum absolute atomic E-state index is 13.8. The second-order valence-electron chi connectivity index (χ2n) is 25.3. The van der Waals surface area contributed by atoms with Crippen molar-refractivity contribution in [3.8, 4) is 0 Å². The van der Waals surface area contributed by atoms with Gasteiger partial charge >= 0.3 is 0 Å². The first-order chi connectivity index (χ1) is 27.8. The van der Waals surface area contributed by atoms with Gasteiger partial charge in [0, 0.05) is 39.8 Å². The number of nitrogens with two attached hydrogens (primary N) is 1. The quantitative estimate of drug-likeness (QED) is 0.152. The van der Waals surface area contributed by atoms with Gasteiger partial charge in [0.1, 0.15) is 36.1 Å². The molecular formula is C48H95N5O9. The summed E-state index contributed by atoms with van der Waals surface area (Å²) in [7, 11) is 0. The van der Waals surface area contributed by atoms with Gasteiger partial charge in [0.25, 0.3) is 0 Å². The van der Waals surface area contributed by atoms with Crippen molar-refractivity contribution in [2.24, 2.45) is 11.1 Å². The van der Waals surface area contributed by atoms with Crippen LogP contribution in [0.2, 0.25) is 0 Å². The van der Waals surface area contributed by atoms with Crippen molar-refractivity contribution >= 4 is 5.91 Å². The number of carbonyl (C=O) groups excluding carboxylic acids is 1. The molecule has 0 aromatic rings. The summed E-state index contributed by atoms with van der Waals surface area (Å²) in [6, 6.07) is -2.40. The van der Waals surface area contributed by atoms with E-state index in [1.165, 1.54) is 0 Å². The van der Waals surface area contributed by atoms with Crippen LogP contribution in [0.5, 0.6) is 0 Å². The summed E-state index contributed by atoms with van der Waals surface area (Å²) in [6.07, 6.45) is -6.54. The maximum atomic E-state index is 13.8. The van der Waals surface area contributed by atoms with Crippen molar-refractivity contribution in [3.63, 3.8) is 0 Å². The second-order valence-corrected chi connectivity index (χ2v) is 25.3. The van der Waals surface area contributed by atoms with E-state index in [-0.39, 0.29) is 60.7 Å². The molecule has 1 saturated carbocycles. The number of nitrogens with one attached hydrogen (secondary N) is 1. The first-order valence-corrected chi connectivity index (χ1v) is 23.5. The highest BCUT2D eigenvalue weighted by Gasteiger charge is 2.58. The molecule has 3 aliphatic rings. The number of rotatable bonds is 12. The van der Waals surface area contributed by atoms with E-state index in [0.717, 1.165) is 12.8 Å². The van der Waals surface area contributed by atoms with Crippen molar-refractivity contribution < 1.29 is 44.2 Å². The van der Waals surface area contributed by atoms with E-state index in [9.17, 15) is 25.2 Å². The molecular weight excluding hydrogens is 791 g/mol. The van der Waals surface area contributed by atoms with Gasteiger partial charge in [-0.15, -0.1) is 0 Å². The molecule has 1 unspecified atom stereocenters. The molecule has 2 saturated heterocycles. The first kappa shape index (κ1) is 55.3. The molecule has 2 aliphatic heterocycles. The summed E-state index contributed by atoms with van der Waals surface area (Å²) in [5.74, 6) is -0.640. The number of ether oxygens (including phenoxy) is 4. The minimum absolute atomic E-state index is 0.0201. The molecule has 0 aromatic carbocycles. The number of hydrogen-bond donors (Lipinski definition) is 6. The van der Waals surface area contributed by atoms with E-state index >= 15 is 0 Å². The summed E-state index contributed by atoms with van der Waals surface area (Å²) >= 11 is 0. The first-order valence-electron chi connectivity index (χ1n) is 23.5. The molecule has 13 atom stereocenters. The lowest BCUT2D eigenvalue weighted by molar-refractivity contribution is -0.332. The molecule has 0 spiro atoms. The summed E-state index contributed by atoms with van der Waals surface area (Å²) in [4.78, 5) is 20.6. The van der Waals surface area contributed by atoms with E-state index < -0.39 is 89.4 Å². The normalized spacial score (nSPS) is 34.3. The third-order valence-electron chi connectivity index (χ3n) is 12.9. The van der Waals surface area contributed by atoms with Gasteiger partial charge in [-0.25, -0.2) is 0 Å². The Balaban J connectivity index is 2.29. The Bertz CT molecular complexity index is 1410. The van der Waals surface area contributed by atoms with Crippen molar-refractivity contribution in [2.45, 2.75) is 284 Å². The molecule has 14 nitrogen and oxygen atoms in total.